The zero-order chi connectivity index (χ0) is 10.7. The molecule has 4 nitrogen and oxygen atoms in total. The molecule has 1 aliphatic heterocycles. The number of carboxylic acid groups (broad SMARTS) is 1. The van der Waals surface area contributed by atoms with Crippen LogP contribution in [0.3, 0.4) is 0 Å². The molecule has 0 radical (unpaired) electrons. The van der Waals surface area contributed by atoms with Crippen LogP contribution in [-0.4, -0.2) is 53.7 Å². The average molecular weight is 200 g/mol. The van der Waals surface area contributed by atoms with Crippen LogP contribution in [0.15, 0.2) is 0 Å². The zero-order valence-corrected chi connectivity index (χ0v) is 9.23. The summed E-state index contributed by atoms with van der Waals surface area (Å²) in [6.07, 6.45) is 0.914. The van der Waals surface area contributed by atoms with Crippen molar-refractivity contribution >= 4 is 5.97 Å². The molecule has 1 heterocycles. The molecule has 2 unspecified atom stereocenters. The highest BCUT2D eigenvalue weighted by atomic mass is 16.4. The van der Waals surface area contributed by atoms with Gasteiger partial charge in [0.2, 0.25) is 0 Å². The van der Waals surface area contributed by atoms with Crippen LogP contribution in [0, 0.1) is 5.92 Å². The Morgan fingerprint density at radius 2 is 2.14 bits per heavy atom. The standard InChI is InChI=1S/C10H20N2O2/c1-4-8(2)9(10(13)14)12-6-5-11(3)7-12/h8-9H,4-7H2,1-3H3,(H,13,14). The van der Waals surface area contributed by atoms with Crippen LogP contribution in [0.5, 0.6) is 0 Å². The molecule has 1 N–H and O–H groups in total. The highest BCUT2D eigenvalue weighted by Crippen LogP contribution is 2.17. The van der Waals surface area contributed by atoms with Crippen LogP contribution in [0.25, 0.3) is 0 Å². The van der Waals surface area contributed by atoms with Crippen molar-refractivity contribution in [1.82, 2.24) is 9.80 Å². The molecule has 0 spiro atoms. The second-order valence-electron chi connectivity index (χ2n) is 4.20. The molecule has 1 saturated heterocycles. The molecule has 1 fully saturated rings. The molecular formula is C10H20N2O2. The number of likely N-dealkylation sites (N-methyl/N-ethyl adjacent to an activating group) is 1. The Kier molecular flexibility index (Phi) is 3.89. The summed E-state index contributed by atoms with van der Waals surface area (Å²) in [5.74, 6) is -0.464. The van der Waals surface area contributed by atoms with Gasteiger partial charge < -0.3 is 5.11 Å². The molecule has 0 saturated carbocycles. The van der Waals surface area contributed by atoms with Crippen molar-refractivity contribution in [3.8, 4) is 0 Å². The molecule has 0 aromatic carbocycles. The number of aliphatic carboxylic acids is 1. The van der Waals surface area contributed by atoms with Gasteiger partial charge in [-0.15, -0.1) is 0 Å². The summed E-state index contributed by atoms with van der Waals surface area (Å²) in [5, 5.41) is 9.16. The summed E-state index contributed by atoms with van der Waals surface area (Å²) < 4.78 is 0. The van der Waals surface area contributed by atoms with Gasteiger partial charge in [0.05, 0.1) is 6.67 Å². The van der Waals surface area contributed by atoms with E-state index in [0.717, 1.165) is 26.2 Å². The Bertz CT molecular complexity index is 208. The van der Waals surface area contributed by atoms with Crippen molar-refractivity contribution in [3.63, 3.8) is 0 Å². The first-order chi connectivity index (χ1) is 6.56. The number of carbonyl (C=O) groups is 1. The lowest BCUT2D eigenvalue weighted by atomic mass is 9.98. The second kappa shape index (κ2) is 4.75. The van der Waals surface area contributed by atoms with Crippen LogP contribution in [0.1, 0.15) is 20.3 Å². The van der Waals surface area contributed by atoms with Gasteiger partial charge in [-0.3, -0.25) is 14.6 Å². The van der Waals surface area contributed by atoms with Crippen LogP contribution in [0.4, 0.5) is 0 Å². The van der Waals surface area contributed by atoms with E-state index in [4.69, 9.17) is 5.11 Å². The molecular weight excluding hydrogens is 180 g/mol. The molecule has 2 atom stereocenters. The SMILES string of the molecule is CCC(C)C(C(=O)O)N1CCN(C)C1. The van der Waals surface area contributed by atoms with Crippen molar-refractivity contribution in [1.29, 1.82) is 0 Å². The lowest BCUT2D eigenvalue weighted by Gasteiger charge is -2.28. The first-order valence-electron chi connectivity index (χ1n) is 5.21. The first-order valence-corrected chi connectivity index (χ1v) is 5.21. The molecule has 0 aromatic heterocycles. The molecule has 1 aliphatic rings. The number of hydrogen-bond donors (Lipinski definition) is 1. The highest BCUT2D eigenvalue weighted by molar-refractivity contribution is 5.73. The van der Waals surface area contributed by atoms with Gasteiger partial charge in [-0.25, -0.2) is 0 Å². The van der Waals surface area contributed by atoms with Crippen molar-refractivity contribution in [2.24, 2.45) is 5.92 Å². The minimum Gasteiger partial charge on any atom is -0.480 e. The summed E-state index contributed by atoms with van der Waals surface area (Å²) in [5.41, 5.74) is 0. The van der Waals surface area contributed by atoms with E-state index in [-0.39, 0.29) is 12.0 Å². The molecule has 0 bridgehead atoms. The van der Waals surface area contributed by atoms with E-state index < -0.39 is 5.97 Å². The van der Waals surface area contributed by atoms with E-state index in [0.29, 0.717) is 0 Å². The number of hydrogen-bond acceptors (Lipinski definition) is 3. The van der Waals surface area contributed by atoms with Crippen LogP contribution in [-0.2, 0) is 4.79 Å². The Labute approximate surface area is 85.5 Å². The number of carboxylic acids is 1. The summed E-state index contributed by atoms with van der Waals surface area (Å²) in [7, 11) is 2.02. The monoisotopic (exact) mass is 200 g/mol. The quantitative estimate of drug-likeness (QED) is 0.725. The number of rotatable bonds is 4. The molecule has 0 amide bonds. The van der Waals surface area contributed by atoms with Gasteiger partial charge in [-0.2, -0.15) is 0 Å². The van der Waals surface area contributed by atoms with E-state index in [2.05, 4.69) is 9.80 Å². The van der Waals surface area contributed by atoms with Gasteiger partial charge in [0.15, 0.2) is 0 Å². The van der Waals surface area contributed by atoms with E-state index in [1.165, 1.54) is 0 Å². The minimum absolute atomic E-state index is 0.221. The van der Waals surface area contributed by atoms with Crippen LogP contribution < -0.4 is 0 Å². The Balaban J connectivity index is 2.63. The largest absolute Gasteiger partial charge is 0.480 e. The third-order valence-electron chi connectivity index (χ3n) is 3.02. The predicted molar refractivity (Wildman–Crippen MR) is 55.1 cm³/mol. The Hall–Kier alpha value is -0.610. The van der Waals surface area contributed by atoms with Crippen molar-refractivity contribution in [3.05, 3.63) is 0 Å². The maximum absolute atomic E-state index is 11.1. The lowest BCUT2D eigenvalue weighted by Crippen LogP contribution is -2.44. The lowest BCUT2D eigenvalue weighted by molar-refractivity contribution is -0.145. The topological polar surface area (TPSA) is 43.8 Å². The highest BCUT2D eigenvalue weighted by Gasteiger charge is 2.33. The fraction of sp³-hybridized carbons (Fsp3) is 0.900. The Morgan fingerprint density at radius 3 is 2.50 bits per heavy atom. The first kappa shape index (κ1) is 11.5. The van der Waals surface area contributed by atoms with Crippen molar-refractivity contribution < 1.29 is 9.90 Å². The van der Waals surface area contributed by atoms with E-state index in [1.807, 2.05) is 20.9 Å². The molecule has 0 aliphatic carbocycles. The minimum atomic E-state index is -0.686. The predicted octanol–water partition coefficient (Wildman–Crippen LogP) is 0.691. The van der Waals surface area contributed by atoms with Crippen molar-refractivity contribution in [2.75, 3.05) is 26.8 Å². The smallest absolute Gasteiger partial charge is 0.321 e. The van der Waals surface area contributed by atoms with Gasteiger partial charge in [-0.05, 0) is 13.0 Å². The third kappa shape index (κ3) is 2.45. The maximum Gasteiger partial charge on any atom is 0.321 e. The normalized spacial score (nSPS) is 23.6. The van der Waals surface area contributed by atoms with E-state index >= 15 is 0 Å². The summed E-state index contributed by atoms with van der Waals surface area (Å²) in [6.45, 7) is 6.68. The molecule has 4 heteroatoms. The third-order valence-corrected chi connectivity index (χ3v) is 3.02. The molecule has 1 rings (SSSR count). The summed E-state index contributed by atoms with van der Waals surface area (Å²) >= 11 is 0. The van der Waals surface area contributed by atoms with E-state index in [9.17, 15) is 4.79 Å². The zero-order valence-electron chi connectivity index (χ0n) is 9.23. The second-order valence-corrected chi connectivity index (χ2v) is 4.20. The van der Waals surface area contributed by atoms with E-state index in [1.54, 1.807) is 0 Å². The van der Waals surface area contributed by atoms with Crippen molar-refractivity contribution in [2.45, 2.75) is 26.3 Å². The fourth-order valence-corrected chi connectivity index (χ4v) is 1.96. The van der Waals surface area contributed by atoms with Gasteiger partial charge in [0.25, 0.3) is 0 Å². The van der Waals surface area contributed by atoms with Gasteiger partial charge >= 0.3 is 5.97 Å². The average Bonchev–Trinajstić information content (AvgIpc) is 2.51. The molecule has 0 aromatic rings. The maximum atomic E-state index is 11.1. The van der Waals surface area contributed by atoms with Crippen LogP contribution in [0.2, 0.25) is 0 Å². The summed E-state index contributed by atoms with van der Waals surface area (Å²) in [6, 6.07) is -0.315. The molecule has 14 heavy (non-hydrogen) atoms. The summed E-state index contributed by atoms with van der Waals surface area (Å²) in [4.78, 5) is 15.3. The Morgan fingerprint density at radius 1 is 1.50 bits per heavy atom. The number of nitrogens with zero attached hydrogens (tertiary/aromatic N) is 2. The van der Waals surface area contributed by atoms with Gasteiger partial charge in [-0.1, -0.05) is 20.3 Å². The van der Waals surface area contributed by atoms with Gasteiger partial charge in [0, 0.05) is 13.1 Å². The van der Waals surface area contributed by atoms with Crippen LogP contribution >= 0.6 is 0 Å². The molecule has 82 valence electrons. The fourth-order valence-electron chi connectivity index (χ4n) is 1.96. The van der Waals surface area contributed by atoms with Gasteiger partial charge in [0.1, 0.15) is 6.04 Å².